The summed E-state index contributed by atoms with van der Waals surface area (Å²) in [5.74, 6) is 2.53. The lowest BCUT2D eigenvalue weighted by Gasteiger charge is -2.21. The predicted molar refractivity (Wildman–Crippen MR) is 118 cm³/mol. The molecule has 31 heavy (non-hydrogen) atoms. The van der Waals surface area contributed by atoms with Crippen LogP contribution in [0.2, 0.25) is 0 Å². The van der Waals surface area contributed by atoms with E-state index < -0.39 is 10.0 Å². The van der Waals surface area contributed by atoms with E-state index in [1.165, 1.54) is 12.3 Å². The highest BCUT2D eigenvalue weighted by molar-refractivity contribution is 7.89. The second-order valence-electron chi connectivity index (χ2n) is 7.27. The van der Waals surface area contributed by atoms with Gasteiger partial charge in [0.2, 0.25) is 10.0 Å². The molecule has 0 amide bonds. The van der Waals surface area contributed by atoms with Crippen molar-refractivity contribution < 1.29 is 17.9 Å². The summed E-state index contributed by atoms with van der Waals surface area (Å²) in [5, 5.41) is 3.34. The van der Waals surface area contributed by atoms with Gasteiger partial charge < -0.3 is 19.4 Å². The molecular formula is C21H27N5O4S. The molecule has 0 aliphatic carbocycles. The van der Waals surface area contributed by atoms with Crippen LogP contribution in [-0.4, -0.2) is 43.2 Å². The lowest BCUT2D eigenvalue weighted by molar-refractivity contribution is 0.393. The normalized spacial score (nSPS) is 12.6. The Hall–Kier alpha value is -3.11. The number of pyridine rings is 1. The number of aryl methyl sites for hydroxylation is 1. The lowest BCUT2D eigenvalue weighted by Crippen LogP contribution is -2.30. The summed E-state index contributed by atoms with van der Waals surface area (Å²) in [7, 11) is 1.47. The first-order valence-electron chi connectivity index (χ1n) is 9.68. The van der Waals surface area contributed by atoms with Crippen molar-refractivity contribution >= 4 is 15.8 Å². The maximum atomic E-state index is 12.4. The summed E-state index contributed by atoms with van der Waals surface area (Å²) < 4.78 is 40.0. The highest BCUT2D eigenvalue weighted by atomic mass is 32.2. The summed E-state index contributed by atoms with van der Waals surface area (Å²) in [6, 6.07) is 8.12. The van der Waals surface area contributed by atoms with E-state index in [-0.39, 0.29) is 17.0 Å². The zero-order chi connectivity index (χ0) is 22.6. The van der Waals surface area contributed by atoms with Gasteiger partial charge in [0.25, 0.3) is 0 Å². The Morgan fingerprint density at radius 1 is 1.03 bits per heavy atom. The van der Waals surface area contributed by atoms with E-state index in [9.17, 15) is 8.42 Å². The molecule has 2 aromatic heterocycles. The SMILES string of the molecule is COc1cc(OC)cc([C@@H](Nc2ccc(S(=O)(=O)NC(C)C)cn2)c2nccn2C)c1. The maximum absolute atomic E-state index is 12.4. The fourth-order valence-corrected chi connectivity index (χ4v) is 4.29. The topological polar surface area (TPSA) is 107 Å². The minimum Gasteiger partial charge on any atom is -0.497 e. The minimum absolute atomic E-state index is 0.100. The lowest BCUT2D eigenvalue weighted by atomic mass is 10.0. The van der Waals surface area contributed by atoms with Crippen LogP contribution < -0.4 is 19.5 Å². The molecule has 0 spiro atoms. The smallest absolute Gasteiger partial charge is 0.242 e. The molecule has 0 aliphatic rings. The third-order valence-electron chi connectivity index (χ3n) is 4.55. The van der Waals surface area contributed by atoms with Gasteiger partial charge in [0, 0.05) is 37.7 Å². The van der Waals surface area contributed by atoms with Crippen LogP contribution in [0.25, 0.3) is 0 Å². The molecule has 9 nitrogen and oxygen atoms in total. The molecule has 10 heteroatoms. The van der Waals surface area contributed by atoms with E-state index >= 15 is 0 Å². The molecule has 3 rings (SSSR count). The monoisotopic (exact) mass is 445 g/mol. The Balaban J connectivity index is 1.97. The van der Waals surface area contributed by atoms with Crippen LogP contribution in [0.4, 0.5) is 5.82 Å². The zero-order valence-electron chi connectivity index (χ0n) is 18.2. The molecule has 166 valence electrons. The summed E-state index contributed by atoms with van der Waals surface area (Å²) >= 11 is 0. The number of ether oxygens (including phenoxy) is 2. The number of aromatic nitrogens is 3. The van der Waals surface area contributed by atoms with Crippen LogP contribution in [0, 0.1) is 0 Å². The van der Waals surface area contributed by atoms with Crippen molar-refractivity contribution in [1.82, 2.24) is 19.3 Å². The van der Waals surface area contributed by atoms with E-state index in [2.05, 4.69) is 20.0 Å². The Morgan fingerprint density at radius 3 is 2.19 bits per heavy atom. The zero-order valence-corrected chi connectivity index (χ0v) is 19.0. The minimum atomic E-state index is -3.61. The van der Waals surface area contributed by atoms with E-state index in [1.54, 1.807) is 46.4 Å². The molecule has 0 fully saturated rings. The van der Waals surface area contributed by atoms with Crippen molar-refractivity contribution in [3.8, 4) is 11.5 Å². The van der Waals surface area contributed by atoms with Crippen molar-refractivity contribution in [2.24, 2.45) is 7.05 Å². The Bertz CT molecular complexity index is 1100. The third kappa shape index (κ3) is 5.33. The first-order valence-corrected chi connectivity index (χ1v) is 11.2. The van der Waals surface area contributed by atoms with Gasteiger partial charge in [0.05, 0.1) is 14.2 Å². The number of benzene rings is 1. The molecule has 1 atom stereocenters. The number of methoxy groups -OCH3 is 2. The van der Waals surface area contributed by atoms with Crippen LogP contribution >= 0.6 is 0 Å². The van der Waals surface area contributed by atoms with Gasteiger partial charge in [-0.15, -0.1) is 0 Å². The van der Waals surface area contributed by atoms with Crippen molar-refractivity contribution in [1.29, 1.82) is 0 Å². The van der Waals surface area contributed by atoms with Gasteiger partial charge in [-0.05, 0) is 43.7 Å². The van der Waals surface area contributed by atoms with Crippen LogP contribution in [0.3, 0.4) is 0 Å². The Kier molecular flexibility index (Phi) is 6.81. The maximum Gasteiger partial charge on any atom is 0.242 e. The van der Waals surface area contributed by atoms with E-state index in [0.29, 0.717) is 17.3 Å². The van der Waals surface area contributed by atoms with E-state index in [1.807, 2.05) is 29.9 Å². The van der Waals surface area contributed by atoms with E-state index in [4.69, 9.17) is 9.47 Å². The first kappa shape index (κ1) is 22.6. The average molecular weight is 446 g/mol. The van der Waals surface area contributed by atoms with Crippen LogP contribution in [0.1, 0.15) is 31.3 Å². The van der Waals surface area contributed by atoms with Gasteiger partial charge >= 0.3 is 0 Å². The second-order valence-corrected chi connectivity index (χ2v) is 8.99. The Morgan fingerprint density at radius 2 is 1.71 bits per heavy atom. The number of nitrogens with zero attached hydrogens (tertiary/aromatic N) is 3. The number of nitrogens with one attached hydrogen (secondary N) is 2. The van der Waals surface area contributed by atoms with Crippen LogP contribution in [0.5, 0.6) is 11.5 Å². The largest absolute Gasteiger partial charge is 0.497 e. The molecule has 2 N–H and O–H groups in total. The highest BCUT2D eigenvalue weighted by Crippen LogP contribution is 2.31. The van der Waals surface area contributed by atoms with E-state index in [0.717, 1.165) is 11.4 Å². The first-order chi connectivity index (χ1) is 14.7. The number of sulfonamides is 1. The second kappa shape index (κ2) is 9.36. The van der Waals surface area contributed by atoms with Gasteiger partial charge in [-0.3, -0.25) is 0 Å². The van der Waals surface area contributed by atoms with Crippen molar-refractivity contribution in [3.63, 3.8) is 0 Å². The Labute approximate surface area is 182 Å². The number of rotatable bonds is 9. The van der Waals surface area contributed by atoms with Crippen molar-refractivity contribution in [2.45, 2.75) is 30.8 Å². The molecule has 0 aliphatic heterocycles. The fourth-order valence-electron chi connectivity index (χ4n) is 3.10. The molecule has 0 saturated carbocycles. The predicted octanol–water partition coefficient (Wildman–Crippen LogP) is 2.72. The summed E-state index contributed by atoms with van der Waals surface area (Å²) in [6.45, 7) is 3.53. The number of anilines is 1. The van der Waals surface area contributed by atoms with Gasteiger partial charge in [-0.1, -0.05) is 0 Å². The fraction of sp³-hybridized carbons (Fsp3) is 0.333. The van der Waals surface area contributed by atoms with Crippen LogP contribution in [0.15, 0.2) is 53.8 Å². The third-order valence-corrected chi connectivity index (χ3v) is 6.20. The van der Waals surface area contributed by atoms with Gasteiger partial charge in [-0.25, -0.2) is 23.1 Å². The number of imidazole rings is 1. The number of hydrogen-bond donors (Lipinski definition) is 2. The number of hydrogen-bond acceptors (Lipinski definition) is 7. The molecule has 0 radical (unpaired) electrons. The molecule has 0 bridgehead atoms. The highest BCUT2D eigenvalue weighted by Gasteiger charge is 2.22. The molecule has 2 heterocycles. The summed E-state index contributed by atoms with van der Waals surface area (Å²) in [4.78, 5) is 8.89. The molecule has 0 unspecified atom stereocenters. The van der Waals surface area contributed by atoms with Gasteiger partial charge in [-0.2, -0.15) is 0 Å². The summed E-state index contributed by atoms with van der Waals surface area (Å²) in [5.41, 5.74) is 0.852. The van der Waals surface area contributed by atoms with Gasteiger partial charge in [0.15, 0.2) is 0 Å². The van der Waals surface area contributed by atoms with Crippen molar-refractivity contribution in [2.75, 3.05) is 19.5 Å². The van der Waals surface area contributed by atoms with Gasteiger partial charge in [0.1, 0.15) is 34.1 Å². The standard InChI is InChI=1S/C21H27N5O4S/c1-14(2)25-31(27,28)18-6-7-19(23-13-18)24-20(21-22-8-9-26(21)3)15-10-16(29-4)12-17(11-15)30-5/h6-14,20,25H,1-5H3,(H,23,24)/t20-/m1/s1. The molecule has 1 aromatic carbocycles. The average Bonchev–Trinajstić information content (AvgIpc) is 3.16. The quantitative estimate of drug-likeness (QED) is 0.521. The van der Waals surface area contributed by atoms with Crippen molar-refractivity contribution in [3.05, 3.63) is 60.3 Å². The summed E-state index contributed by atoms with van der Waals surface area (Å²) in [6.07, 6.45) is 4.89. The molecule has 3 aromatic rings. The molecule has 0 saturated heterocycles. The van der Waals surface area contributed by atoms with Crippen LogP contribution in [-0.2, 0) is 17.1 Å². The molecular weight excluding hydrogens is 418 g/mol.